The van der Waals surface area contributed by atoms with E-state index in [9.17, 15) is 4.79 Å². The Morgan fingerprint density at radius 1 is 1.29 bits per heavy atom. The molecule has 1 aliphatic rings. The molecule has 0 aliphatic carbocycles. The lowest BCUT2D eigenvalue weighted by Gasteiger charge is -2.36. The predicted molar refractivity (Wildman–Crippen MR) is 98.3 cm³/mol. The van der Waals surface area contributed by atoms with E-state index in [1.54, 1.807) is 6.20 Å². The van der Waals surface area contributed by atoms with Crippen LogP contribution in [0, 0.1) is 6.92 Å². The molecule has 128 valence electrons. The summed E-state index contributed by atoms with van der Waals surface area (Å²) in [7, 11) is 4.15. The third kappa shape index (κ3) is 3.84. The van der Waals surface area contributed by atoms with Gasteiger partial charge >= 0.3 is 0 Å². The van der Waals surface area contributed by atoms with Gasteiger partial charge in [0, 0.05) is 13.1 Å². The van der Waals surface area contributed by atoms with E-state index in [0.717, 1.165) is 35.8 Å². The average molecular weight is 343 g/mol. The van der Waals surface area contributed by atoms with E-state index in [4.69, 9.17) is 0 Å². The summed E-state index contributed by atoms with van der Waals surface area (Å²) in [5.74, 6) is 0.127. The number of amides is 1. The van der Waals surface area contributed by atoms with Crippen LogP contribution in [-0.2, 0) is 6.54 Å². The lowest BCUT2D eigenvalue weighted by Crippen LogP contribution is -2.38. The van der Waals surface area contributed by atoms with Gasteiger partial charge in [-0.05, 0) is 51.4 Å². The van der Waals surface area contributed by atoms with Crippen molar-refractivity contribution in [2.75, 3.05) is 20.6 Å². The van der Waals surface area contributed by atoms with Crippen LogP contribution in [0.4, 0.5) is 0 Å². The summed E-state index contributed by atoms with van der Waals surface area (Å²) < 4.78 is 0. The zero-order valence-corrected chi connectivity index (χ0v) is 15.5. The SMILES string of the molecule is Cc1ncc(C(=O)N2CCCC[C@H]2c2ccc(CN(C)C)cc2)s1. The highest BCUT2D eigenvalue weighted by Crippen LogP contribution is 2.33. The fourth-order valence-electron chi connectivity index (χ4n) is 3.33. The second-order valence-corrected chi connectivity index (χ2v) is 7.97. The van der Waals surface area contributed by atoms with Crippen molar-refractivity contribution in [1.82, 2.24) is 14.8 Å². The zero-order valence-electron chi connectivity index (χ0n) is 14.7. The molecule has 0 spiro atoms. The van der Waals surface area contributed by atoms with Crippen molar-refractivity contribution in [1.29, 1.82) is 0 Å². The molecular formula is C19H25N3OS. The summed E-state index contributed by atoms with van der Waals surface area (Å²) in [6.07, 6.45) is 5.01. The number of benzene rings is 1. The third-order valence-corrected chi connectivity index (χ3v) is 5.36. The molecule has 1 aromatic heterocycles. The minimum absolute atomic E-state index is 0.127. The highest BCUT2D eigenvalue weighted by atomic mass is 32.1. The summed E-state index contributed by atoms with van der Waals surface area (Å²) in [5, 5.41) is 0.944. The topological polar surface area (TPSA) is 36.4 Å². The van der Waals surface area contributed by atoms with Crippen LogP contribution in [0.15, 0.2) is 30.5 Å². The van der Waals surface area contributed by atoms with E-state index in [1.165, 1.54) is 28.9 Å². The molecule has 2 heterocycles. The smallest absolute Gasteiger partial charge is 0.266 e. The highest BCUT2D eigenvalue weighted by Gasteiger charge is 2.29. The van der Waals surface area contributed by atoms with Crippen LogP contribution in [0.25, 0.3) is 0 Å². The standard InChI is InChI=1S/C19H25N3OS/c1-14-20-12-18(24-14)19(23)22-11-5-4-6-17(22)16-9-7-15(8-10-16)13-21(2)3/h7-10,12,17H,4-6,11,13H2,1-3H3/t17-/m0/s1. The Kier molecular flexibility index (Phi) is 5.31. The lowest BCUT2D eigenvalue weighted by molar-refractivity contribution is 0.0616. The summed E-state index contributed by atoms with van der Waals surface area (Å²) in [5.41, 5.74) is 2.54. The maximum absolute atomic E-state index is 12.9. The molecule has 0 unspecified atom stereocenters. The van der Waals surface area contributed by atoms with Crippen LogP contribution in [0.3, 0.4) is 0 Å². The number of aromatic nitrogens is 1. The second-order valence-electron chi connectivity index (χ2n) is 6.73. The molecule has 1 atom stereocenters. The quantitative estimate of drug-likeness (QED) is 0.845. The van der Waals surface area contributed by atoms with Crippen LogP contribution in [0.2, 0.25) is 0 Å². The van der Waals surface area contributed by atoms with E-state index in [2.05, 4.69) is 48.2 Å². The third-order valence-electron chi connectivity index (χ3n) is 4.46. The Labute approximate surface area is 148 Å². The largest absolute Gasteiger partial charge is 0.331 e. The number of rotatable bonds is 4. The molecule has 0 bridgehead atoms. The molecule has 2 aromatic rings. The number of hydrogen-bond donors (Lipinski definition) is 0. The number of hydrogen-bond acceptors (Lipinski definition) is 4. The van der Waals surface area contributed by atoms with Gasteiger partial charge in [0.15, 0.2) is 0 Å². The fraction of sp³-hybridized carbons (Fsp3) is 0.474. The van der Waals surface area contributed by atoms with Crippen molar-refractivity contribution in [3.8, 4) is 0 Å². The van der Waals surface area contributed by atoms with E-state index >= 15 is 0 Å². The number of thiazole rings is 1. The molecule has 0 radical (unpaired) electrons. The number of piperidine rings is 1. The Morgan fingerprint density at radius 3 is 2.67 bits per heavy atom. The van der Waals surface area contributed by atoms with Crippen LogP contribution < -0.4 is 0 Å². The van der Waals surface area contributed by atoms with E-state index < -0.39 is 0 Å². The molecular weight excluding hydrogens is 318 g/mol. The van der Waals surface area contributed by atoms with Crippen molar-refractivity contribution >= 4 is 17.2 Å². The number of aryl methyl sites for hydroxylation is 1. The first-order chi connectivity index (χ1) is 11.5. The molecule has 3 rings (SSSR count). The number of carbonyl (C=O) groups is 1. The number of nitrogens with zero attached hydrogens (tertiary/aromatic N) is 3. The van der Waals surface area contributed by atoms with Gasteiger partial charge in [-0.25, -0.2) is 4.98 Å². The maximum atomic E-state index is 12.9. The van der Waals surface area contributed by atoms with E-state index in [1.807, 2.05) is 11.8 Å². The maximum Gasteiger partial charge on any atom is 0.266 e. The van der Waals surface area contributed by atoms with Crippen molar-refractivity contribution in [3.63, 3.8) is 0 Å². The average Bonchev–Trinajstić information content (AvgIpc) is 3.01. The van der Waals surface area contributed by atoms with Crippen molar-refractivity contribution < 1.29 is 4.79 Å². The number of carbonyl (C=O) groups excluding carboxylic acids is 1. The van der Waals surface area contributed by atoms with Gasteiger partial charge in [-0.2, -0.15) is 0 Å². The van der Waals surface area contributed by atoms with Gasteiger partial charge in [-0.3, -0.25) is 4.79 Å². The monoisotopic (exact) mass is 343 g/mol. The molecule has 24 heavy (non-hydrogen) atoms. The van der Waals surface area contributed by atoms with E-state index in [0.29, 0.717) is 0 Å². The van der Waals surface area contributed by atoms with Crippen LogP contribution in [0.5, 0.6) is 0 Å². The van der Waals surface area contributed by atoms with Crippen LogP contribution >= 0.6 is 11.3 Å². The van der Waals surface area contributed by atoms with Gasteiger partial charge in [0.05, 0.1) is 17.2 Å². The summed E-state index contributed by atoms with van der Waals surface area (Å²) >= 11 is 1.49. The minimum atomic E-state index is 0.127. The van der Waals surface area contributed by atoms with Gasteiger partial charge in [-0.1, -0.05) is 24.3 Å². The second kappa shape index (κ2) is 7.45. The molecule has 1 amide bonds. The summed E-state index contributed by atoms with van der Waals surface area (Å²) in [6.45, 7) is 3.71. The van der Waals surface area contributed by atoms with Crippen molar-refractivity contribution in [2.45, 2.75) is 38.8 Å². The van der Waals surface area contributed by atoms with Crippen LogP contribution in [0.1, 0.15) is 51.1 Å². The molecule has 5 heteroatoms. The summed E-state index contributed by atoms with van der Waals surface area (Å²) in [6, 6.07) is 8.93. The first kappa shape index (κ1) is 17.1. The lowest BCUT2D eigenvalue weighted by atomic mass is 9.94. The van der Waals surface area contributed by atoms with Gasteiger partial charge in [0.1, 0.15) is 4.88 Å². The normalized spacial score (nSPS) is 18.2. The van der Waals surface area contributed by atoms with Crippen molar-refractivity contribution in [3.05, 3.63) is 51.5 Å². The first-order valence-corrected chi connectivity index (χ1v) is 9.33. The van der Waals surface area contributed by atoms with Gasteiger partial charge in [-0.15, -0.1) is 11.3 Å². The first-order valence-electron chi connectivity index (χ1n) is 8.51. The van der Waals surface area contributed by atoms with Crippen molar-refractivity contribution in [2.24, 2.45) is 0 Å². The Hall–Kier alpha value is -1.72. The Balaban J connectivity index is 1.80. The molecule has 1 fully saturated rings. The fourth-order valence-corrected chi connectivity index (χ4v) is 4.07. The Morgan fingerprint density at radius 2 is 2.04 bits per heavy atom. The minimum Gasteiger partial charge on any atom is -0.331 e. The molecule has 4 nitrogen and oxygen atoms in total. The van der Waals surface area contributed by atoms with Gasteiger partial charge < -0.3 is 9.80 Å². The molecule has 1 saturated heterocycles. The Bertz CT molecular complexity index is 693. The number of likely N-dealkylation sites (tertiary alicyclic amines) is 1. The molecule has 1 aromatic carbocycles. The molecule has 0 saturated carbocycles. The predicted octanol–water partition coefficient (Wildman–Crippen LogP) is 3.88. The zero-order chi connectivity index (χ0) is 17.1. The molecule has 1 aliphatic heterocycles. The summed E-state index contributed by atoms with van der Waals surface area (Å²) in [4.78, 5) is 22.1. The molecule has 0 N–H and O–H groups in total. The van der Waals surface area contributed by atoms with Gasteiger partial charge in [0.25, 0.3) is 5.91 Å². The van der Waals surface area contributed by atoms with E-state index in [-0.39, 0.29) is 11.9 Å². The van der Waals surface area contributed by atoms with Crippen LogP contribution in [-0.4, -0.2) is 41.3 Å². The highest BCUT2D eigenvalue weighted by molar-refractivity contribution is 7.13. The van der Waals surface area contributed by atoms with Gasteiger partial charge in [0.2, 0.25) is 0 Å².